The third-order valence-electron chi connectivity index (χ3n) is 3.32. The lowest BCUT2D eigenvalue weighted by Gasteiger charge is -2.20. The number of carbonyl (C=O) groups is 1. The van der Waals surface area contributed by atoms with E-state index >= 15 is 0 Å². The first-order valence-electron chi connectivity index (χ1n) is 6.27. The molecule has 1 aliphatic carbocycles. The molecule has 2 rings (SSSR count). The van der Waals surface area contributed by atoms with E-state index < -0.39 is 0 Å². The van der Waals surface area contributed by atoms with Crippen LogP contribution in [0.15, 0.2) is 22.7 Å². The van der Waals surface area contributed by atoms with E-state index in [0.717, 1.165) is 30.2 Å². The number of ketones is 1. The van der Waals surface area contributed by atoms with E-state index in [4.69, 9.17) is 16.3 Å². The Labute approximate surface area is 121 Å². The van der Waals surface area contributed by atoms with Gasteiger partial charge in [0.2, 0.25) is 0 Å². The molecule has 18 heavy (non-hydrogen) atoms. The number of benzene rings is 1. The zero-order valence-electron chi connectivity index (χ0n) is 10.1. The Balaban J connectivity index is 1.90. The first-order chi connectivity index (χ1) is 8.66. The molecule has 0 aromatic heterocycles. The molecule has 1 aliphatic rings. The van der Waals surface area contributed by atoms with Gasteiger partial charge in [0.25, 0.3) is 0 Å². The molecule has 0 heterocycles. The normalized spacial score (nSPS) is 16.6. The number of hydrogen-bond donors (Lipinski definition) is 0. The monoisotopic (exact) mass is 330 g/mol. The highest BCUT2D eigenvalue weighted by atomic mass is 79.9. The number of Topliss-reactive ketones (excluding diaryl/α,β-unsaturated/α-hetero) is 1. The summed E-state index contributed by atoms with van der Waals surface area (Å²) in [6, 6.07) is 5.39. The van der Waals surface area contributed by atoms with E-state index in [0.29, 0.717) is 10.8 Å². The molecule has 0 saturated heterocycles. The maximum atomic E-state index is 12.0. The van der Waals surface area contributed by atoms with Gasteiger partial charge in [0.05, 0.1) is 5.02 Å². The van der Waals surface area contributed by atoms with Gasteiger partial charge in [-0.1, -0.05) is 46.8 Å². The molecule has 0 spiro atoms. The molecule has 0 amide bonds. The summed E-state index contributed by atoms with van der Waals surface area (Å²) in [5.41, 5.74) is 0. The SMILES string of the molecule is O=C(COc1cc(Br)ccc1Cl)C1CCCCC1. The van der Waals surface area contributed by atoms with Gasteiger partial charge >= 0.3 is 0 Å². The minimum absolute atomic E-state index is 0.126. The van der Waals surface area contributed by atoms with Crippen LogP contribution in [-0.4, -0.2) is 12.4 Å². The smallest absolute Gasteiger partial charge is 0.173 e. The first kappa shape index (κ1) is 13.9. The second-order valence-corrected chi connectivity index (χ2v) is 5.99. The van der Waals surface area contributed by atoms with E-state index in [1.165, 1.54) is 6.42 Å². The molecule has 98 valence electrons. The van der Waals surface area contributed by atoms with E-state index in [9.17, 15) is 4.79 Å². The summed E-state index contributed by atoms with van der Waals surface area (Å²) in [5, 5.41) is 0.537. The molecule has 1 saturated carbocycles. The molecule has 0 atom stereocenters. The Morgan fingerprint density at radius 1 is 1.33 bits per heavy atom. The van der Waals surface area contributed by atoms with Crippen molar-refractivity contribution in [2.45, 2.75) is 32.1 Å². The van der Waals surface area contributed by atoms with Crippen molar-refractivity contribution in [2.75, 3.05) is 6.61 Å². The Morgan fingerprint density at radius 3 is 2.78 bits per heavy atom. The first-order valence-corrected chi connectivity index (χ1v) is 7.44. The van der Waals surface area contributed by atoms with Crippen molar-refractivity contribution in [3.05, 3.63) is 27.7 Å². The molecule has 1 aromatic rings. The average molecular weight is 332 g/mol. The van der Waals surface area contributed by atoms with Crippen molar-refractivity contribution in [2.24, 2.45) is 5.92 Å². The molecule has 0 N–H and O–H groups in total. The fourth-order valence-electron chi connectivity index (χ4n) is 2.28. The molecule has 0 bridgehead atoms. The lowest BCUT2D eigenvalue weighted by molar-refractivity contribution is -0.125. The van der Waals surface area contributed by atoms with Crippen LogP contribution in [0.1, 0.15) is 32.1 Å². The van der Waals surface area contributed by atoms with Crippen molar-refractivity contribution in [3.8, 4) is 5.75 Å². The molecule has 4 heteroatoms. The minimum Gasteiger partial charge on any atom is -0.484 e. The Hall–Kier alpha value is -0.540. The van der Waals surface area contributed by atoms with Gasteiger partial charge in [-0.25, -0.2) is 0 Å². The van der Waals surface area contributed by atoms with E-state index in [1.807, 2.05) is 6.07 Å². The van der Waals surface area contributed by atoms with Gasteiger partial charge in [-0.3, -0.25) is 4.79 Å². The fourth-order valence-corrected chi connectivity index (χ4v) is 2.79. The van der Waals surface area contributed by atoms with Gasteiger partial charge in [0.1, 0.15) is 12.4 Å². The third-order valence-corrected chi connectivity index (χ3v) is 4.13. The van der Waals surface area contributed by atoms with Gasteiger partial charge < -0.3 is 4.74 Å². The second kappa shape index (κ2) is 6.58. The standard InChI is InChI=1S/C14H16BrClO2/c15-11-6-7-12(16)14(8-11)18-9-13(17)10-4-2-1-3-5-10/h6-8,10H,1-5,9H2. The van der Waals surface area contributed by atoms with Crippen LogP contribution in [0.3, 0.4) is 0 Å². The zero-order chi connectivity index (χ0) is 13.0. The molecule has 2 nitrogen and oxygen atoms in total. The highest BCUT2D eigenvalue weighted by molar-refractivity contribution is 9.10. The van der Waals surface area contributed by atoms with E-state index in [2.05, 4.69) is 15.9 Å². The van der Waals surface area contributed by atoms with E-state index in [1.54, 1.807) is 12.1 Å². The Bertz CT molecular complexity index is 428. The minimum atomic E-state index is 0.126. The quantitative estimate of drug-likeness (QED) is 0.804. The van der Waals surface area contributed by atoms with Gasteiger partial charge in [-0.2, -0.15) is 0 Å². The fraction of sp³-hybridized carbons (Fsp3) is 0.500. The summed E-state index contributed by atoms with van der Waals surface area (Å²) in [4.78, 5) is 12.0. The van der Waals surface area contributed by atoms with Crippen LogP contribution in [0.25, 0.3) is 0 Å². The lowest BCUT2D eigenvalue weighted by Crippen LogP contribution is -2.23. The topological polar surface area (TPSA) is 26.3 Å². The van der Waals surface area contributed by atoms with E-state index in [-0.39, 0.29) is 18.3 Å². The van der Waals surface area contributed by atoms with Crippen molar-refractivity contribution >= 4 is 33.3 Å². The van der Waals surface area contributed by atoms with Crippen LogP contribution in [0.4, 0.5) is 0 Å². The number of ether oxygens (including phenoxy) is 1. The third kappa shape index (κ3) is 3.72. The van der Waals surface area contributed by atoms with Crippen LogP contribution >= 0.6 is 27.5 Å². The molecular formula is C14H16BrClO2. The maximum Gasteiger partial charge on any atom is 0.173 e. The van der Waals surface area contributed by atoms with Gasteiger partial charge in [-0.15, -0.1) is 0 Å². The Morgan fingerprint density at radius 2 is 2.06 bits per heavy atom. The summed E-state index contributed by atoms with van der Waals surface area (Å²) >= 11 is 9.36. The molecular weight excluding hydrogens is 316 g/mol. The van der Waals surface area contributed by atoms with Crippen molar-refractivity contribution in [1.82, 2.24) is 0 Å². The Kier molecular flexibility index (Phi) is 5.07. The van der Waals surface area contributed by atoms with Gasteiger partial charge in [0.15, 0.2) is 5.78 Å². The predicted molar refractivity (Wildman–Crippen MR) is 76.2 cm³/mol. The van der Waals surface area contributed by atoms with Crippen LogP contribution in [0, 0.1) is 5.92 Å². The summed E-state index contributed by atoms with van der Waals surface area (Å²) in [6.07, 6.45) is 5.59. The predicted octanol–water partition coefficient (Wildman–Crippen LogP) is 4.63. The van der Waals surface area contributed by atoms with Gasteiger partial charge in [0, 0.05) is 10.4 Å². The largest absolute Gasteiger partial charge is 0.484 e. The summed E-state index contributed by atoms with van der Waals surface area (Å²) in [6.45, 7) is 0.126. The molecule has 0 radical (unpaired) electrons. The number of halogens is 2. The number of carbonyl (C=O) groups excluding carboxylic acids is 1. The summed E-state index contributed by atoms with van der Waals surface area (Å²) in [5.74, 6) is 0.950. The maximum absolute atomic E-state index is 12.0. The van der Waals surface area contributed by atoms with Crippen LogP contribution < -0.4 is 4.74 Å². The second-order valence-electron chi connectivity index (χ2n) is 4.66. The molecule has 1 aromatic carbocycles. The summed E-state index contributed by atoms with van der Waals surface area (Å²) < 4.78 is 6.42. The zero-order valence-corrected chi connectivity index (χ0v) is 12.5. The highest BCUT2D eigenvalue weighted by Gasteiger charge is 2.21. The van der Waals surface area contributed by atoms with Crippen LogP contribution in [0.2, 0.25) is 5.02 Å². The molecule has 1 fully saturated rings. The highest BCUT2D eigenvalue weighted by Crippen LogP contribution is 2.29. The summed E-state index contributed by atoms with van der Waals surface area (Å²) in [7, 11) is 0. The molecule has 0 unspecified atom stereocenters. The number of rotatable bonds is 4. The van der Waals surface area contributed by atoms with Gasteiger partial charge in [-0.05, 0) is 31.0 Å². The molecule has 0 aliphatic heterocycles. The van der Waals surface area contributed by atoms with Crippen LogP contribution in [-0.2, 0) is 4.79 Å². The van der Waals surface area contributed by atoms with Crippen molar-refractivity contribution in [1.29, 1.82) is 0 Å². The van der Waals surface area contributed by atoms with Crippen molar-refractivity contribution < 1.29 is 9.53 Å². The lowest BCUT2D eigenvalue weighted by atomic mass is 9.86. The van der Waals surface area contributed by atoms with Crippen molar-refractivity contribution in [3.63, 3.8) is 0 Å². The number of hydrogen-bond acceptors (Lipinski definition) is 2. The average Bonchev–Trinajstić information content (AvgIpc) is 2.40. The van der Waals surface area contributed by atoms with Crippen LogP contribution in [0.5, 0.6) is 5.75 Å².